The average Bonchev–Trinajstić information content (AvgIpc) is 2.29. The Kier molecular flexibility index (Phi) is 3.31. The van der Waals surface area contributed by atoms with Gasteiger partial charge in [-0.05, 0) is 43.5 Å². The summed E-state index contributed by atoms with van der Waals surface area (Å²) < 4.78 is 0. The van der Waals surface area contributed by atoms with Crippen LogP contribution < -0.4 is 11.5 Å². The van der Waals surface area contributed by atoms with Crippen molar-refractivity contribution in [3.63, 3.8) is 0 Å². The number of aryl methyl sites for hydroxylation is 1. The minimum absolute atomic E-state index is 0.461. The normalized spacial score (nSPS) is 10.8. The van der Waals surface area contributed by atoms with E-state index >= 15 is 0 Å². The molecule has 1 heterocycles. The summed E-state index contributed by atoms with van der Waals surface area (Å²) in [5, 5.41) is 0. The van der Waals surface area contributed by atoms with Crippen LogP contribution in [-0.4, -0.2) is 16.5 Å². The number of nitrogens with two attached hydrogens (primary N) is 2. The number of hydrogen-bond acceptors (Lipinski definition) is 4. The highest BCUT2D eigenvalue weighted by atomic mass is 14.9. The molecule has 4 nitrogen and oxygen atoms in total. The van der Waals surface area contributed by atoms with Gasteiger partial charge in [-0.3, -0.25) is 4.98 Å². The third-order valence-electron chi connectivity index (χ3n) is 2.54. The molecule has 0 saturated heterocycles. The molecular weight excluding hydrogens is 200 g/mol. The Morgan fingerprint density at radius 3 is 2.81 bits per heavy atom. The van der Waals surface area contributed by atoms with Gasteiger partial charge < -0.3 is 11.5 Å². The number of unbranched alkanes of at least 4 members (excludes halogenated alkanes) is 1. The monoisotopic (exact) mass is 216 g/mol. The Labute approximate surface area is 94.7 Å². The van der Waals surface area contributed by atoms with Crippen LogP contribution in [-0.2, 0) is 6.42 Å². The van der Waals surface area contributed by atoms with Gasteiger partial charge in [0.1, 0.15) is 5.82 Å². The van der Waals surface area contributed by atoms with Crippen molar-refractivity contribution in [3.05, 3.63) is 30.0 Å². The van der Waals surface area contributed by atoms with Crippen molar-refractivity contribution >= 4 is 16.9 Å². The van der Waals surface area contributed by atoms with Crippen LogP contribution in [0.15, 0.2) is 24.4 Å². The lowest BCUT2D eigenvalue weighted by Crippen LogP contribution is -1.99. The Bertz CT molecular complexity index is 481. The third kappa shape index (κ3) is 2.46. The molecule has 0 aliphatic carbocycles. The number of benzene rings is 1. The molecule has 84 valence electrons. The van der Waals surface area contributed by atoms with Gasteiger partial charge in [0.15, 0.2) is 0 Å². The van der Waals surface area contributed by atoms with Gasteiger partial charge in [0.05, 0.1) is 17.2 Å². The van der Waals surface area contributed by atoms with Gasteiger partial charge in [-0.15, -0.1) is 0 Å². The Morgan fingerprint density at radius 1 is 1.12 bits per heavy atom. The van der Waals surface area contributed by atoms with Crippen LogP contribution in [0.2, 0.25) is 0 Å². The van der Waals surface area contributed by atoms with E-state index < -0.39 is 0 Å². The van der Waals surface area contributed by atoms with E-state index in [2.05, 4.69) is 22.1 Å². The second-order valence-electron chi connectivity index (χ2n) is 3.86. The van der Waals surface area contributed by atoms with Gasteiger partial charge in [0, 0.05) is 0 Å². The summed E-state index contributed by atoms with van der Waals surface area (Å²) >= 11 is 0. The molecule has 0 saturated carbocycles. The number of nitrogens with zero attached hydrogens (tertiary/aromatic N) is 2. The summed E-state index contributed by atoms with van der Waals surface area (Å²) in [6.45, 7) is 0.754. The topological polar surface area (TPSA) is 77.8 Å². The molecule has 0 aliphatic rings. The molecule has 4 N–H and O–H groups in total. The first-order chi connectivity index (χ1) is 7.79. The van der Waals surface area contributed by atoms with E-state index in [0.717, 1.165) is 36.8 Å². The summed E-state index contributed by atoms with van der Waals surface area (Å²) in [4.78, 5) is 8.47. The predicted octanol–water partition coefficient (Wildman–Crippen LogP) is 1.49. The summed E-state index contributed by atoms with van der Waals surface area (Å²) in [6.07, 6.45) is 4.81. The molecule has 16 heavy (non-hydrogen) atoms. The highest BCUT2D eigenvalue weighted by molar-refractivity contribution is 5.75. The van der Waals surface area contributed by atoms with Crippen molar-refractivity contribution in [2.75, 3.05) is 12.3 Å². The standard InChI is InChI=1S/C12H16N4/c13-6-2-1-3-9-4-5-10-11(7-9)15-8-12(14)16-10/h4-5,7-8H,1-3,6,13H2,(H2,14,16). The lowest BCUT2D eigenvalue weighted by atomic mass is 10.1. The highest BCUT2D eigenvalue weighted by Crippen LogP contribution is 2.14. The van der Waals surface area contributed by atoms with Gasteiger partial charge in [0.2, 0.25) is 0 Å². The Morgan fingerprint density at radius 2 is 2.00 bits per heavy atom. The van der Waals surface area contributed by atoms with E-state index in [-0.39, 0.29) is 0 Å². The zero-order valence-corrected chi connectivity index (χ0v) is 9.19. The van der Waals surface area contributed by atoms with Crippen LogP contribution in [0.25, 0.3) is 11.0 Å². The maximum absolute atomic E-state index is 5.57. The van der Waals surface area contributed by atoms with Crippen LogP contribution in [0.3, 0.4) is 0 Å². The fourth-order valence-corrected chi connectivity index (χ4v) is 1.70. The molecule has 0 fully saturated rings. The maximum atomic E-state index is 5.57. The van der Waals surface area contributed by atoms with Crippen molar-refractivity contribution in [1.82, 2.24) is 9.97 Å². The lowest BCUT2D eigenvalue weighted by Gasteiger charge is -2.03. The smallest absolute Gasteiger partial charge is 0.142 e. The van der Waals surface area contributed by atoms with Crippen LogP contribution in [0, 0.1) is 0 Å². The summed E-state index contributed by atoms with van der Waals surface area (Å²) in [7, 11) is 0. The number of nitrogen functional groups attached to an aromatic ring is 1. The van der Waals surface area contributed by atoms with Crippen molar-refractivity contribution in [2.45, 2.75) is 19.3 Å². The lowest BCUT2D eigenvalue weighted by molar-refractivity contribution is 0.745. The van der Waals surface area contributed by atoms with Crippen LogP contribution in [0.1, 0.15) is 18.4 Å². The zero-order chi connectivity index (χ0) is 11.4. The molecule has 0 radical (unpaired) electrons. The molecule has 0 amide bonds. The second-order valence-corrected chi connectivity index (χ2v) is 3.86. The molecule has 1 aromatic carbocycles. The molecule has 0 unspecified atom stereocenters. The van der Waals surface area contributed by atoms with Crippen LogP contribution in [0.4, 0.5) is 5.82 Å². The van der Waals surface area contributed by atoms with E-state index in [1.165, 1.54) is 5.56 Å². The first-order valence-corrected chi connectivity index (χ1v) is 5.51. The van der Waals surface area contributed by atoms with Gasteiger partial charge in [-0.2, -0.15) is 0 Å². The van der Waals surface area contributed by atoms with Gasteiger partial charge in [0.25, 0.3) is 0 Å². The largest absolute Gasteiger partial charge is 0.382 e. The number of rotatable bonds is 4. The van der Waals surface area contributed by atoms with Gasteiger partial charge in [-0.1, -0.05) is 6.07 Å². The molecule has 2 rings (SSSR count). The fourth-order valence-electron chi connectivity index (χ4n) is 1.70. The van der Waals surface area contributed by atoms with Crippen LogP contribution in [0.5, 0.6) is 0 Å². The molecule has 0 bridgehead atoms. The van der Waals surface area contributed by atoms with Crippen molar-refractivity contribution in [1.29, 1.82) is 0 Å². The summed E-state index contributed by atoms with van der Waals surface area (Å²) in [6, 6.07) is 6.11. The summed E-state index contributed by atoms with van der Waals surface area (Å²) in [5.74, 6) is 0.461. The van der Waals surface area contributed by atoms with Crippen molar-refractivity contribution in [2.24, 2.45) is 5.73 Å². The fraction of sp³-hybridized carbons (Fsp3) is 0.333. The van der Waals surface area contributed by atoms with E-state index in [9.17, 15) is 0 Å². The minimum Gasteiger partial charge on any atom is -0.382 e. The third-order valence-corrected chi connectivity index (χ3v) is 2.54. The molecule has 0 atom stereocenters. The molecule has 1 aromatic heterocycles. The van der Waals surface area contributed by atoms with E-state index in [1.54, 1.807) is 6.20 Å². The van der Waals surface area contributed by atoms with Crippen molar-refractivity contribution in [3.8, 4) is 0 Å². The first-order valence-electron chi connectivity index (χ1n) is 5.51. The summed E-state index contributed by atoms with van der Waals surface area (Å²) in [5.41, 5.74) is 14.1. The SMILES string of the molecule is NCCCCc1ccc2nc(N)cnc2c1. The zero-order valence-electron chi connectivity index (χ0n) is 9.19. The molecule has 0 aliphatic heterocycles. The Hall–Kier alpha value is -1.68. The highest BCUT2D eigenvalue weighted by Gasteiger charge is 1.99. The number of fused-ring (bicyclic) bond motifs is 1. The quantitative estimate of drug-likeness (QED) is 0.759. The first kappa shape index (κ1) is 10.8. The molecule has 0 spiro atoms. The van der Waals surface area contributed by atoms with E-state index in [1.807, 2.05) is 6.07 Å². The van der Waals surface area contributed by atoms with Crippen molar-refractivity contribution < 1.29 is 0 Å². The predicted molar refractivity (Wildman–Crippen MR) is 65.9 cm³/mol. The molecule has 4 heteroatoms. The average molecular weight is 216 g/mol. The molecular formula is C12H16N4. The number of anilines is 1. The minimum atomic E-state index is 0.461. The number of aromatic nitrogens is 2. The second kappa shape index (κ2) is 4.90. The Balaban J connectivity index is 2.20. The van der Waals surface area contributed by atoms with Crippen LogP contribution >= 0.6 is 0 Å². The molecule has 2 aromatic rings. The van der Waals surface area contributed by atoms with E-state index in [0.29, 0.717) is 5.82 Å². The van der Waals surface area contributed by atoms with Gasteiger partial charge in [-0.25, -0.2) is 4.98 Å². The van der Waals surface area contributed by atoms with E-state index in [4.69, 9.17) is 11.5 Å². The maximum Gasteiger partial charge on any atom is 0.142 e. The van der Waals surface area contributed by atoms with Gasteiger partial charge >= 0.3 is 0 Å². The number of hydrogen-bond donors (Lipinski definition) is 2.